The van der Waals surface area contributed by atoms with Gasteiger partial charge < -0.3 is 15.6 Å². The minimum atomic E-state index is -1.07. The average molecular weight is 163 g/mol. The molecular formula is C6H13NO2S. The minimum Gasteiger partial charge on any atom is -0.544 e. The highest BCUT2D eigenvalue weighted by Gasteiger charge is 2.23. The monoisotopic (exact) mass is 163 g/mol. The molecule has 0 spiro atoms. The maximum Gasteiger partial charge on any atom is 0.132 e. The van der Waals surface area contributed by atoms with Gasteiger partial charge in [-0.15, -0.1) is 0 Å². The number of quaternary nitrogens is 1. The van der Waals surface area contributed by atoms with Crippen molar-refractivity contribution in [2.24, 2.45) is 0 Å². The van der Waals surface area contributed by atoms with E-state index in [4.69, 9.17) is 0 Å². The van der Waals surface area contributed by atoms with Crippen molar-refractivity contribution < 1.29 is 15.6 Å². The fraction of sp³-hybridized carbons (Fsp3) is 0.833. The molecule has 0 aromatic carbocycles. The summed E-state index contributed by atoms with van der Waals surface area (Å²) >= 11 is 1.61. The summed E-state index contributed by atoms with van der Waals surface area (Å²) in [4.78, 5) is 10.3. The molecule has 0 fully saturated rings. The Labute approximate surface area is 65.0 Å². The fourth-order valence-electron chi connectivity index (χ4n) is 0.429. The van der Waals surface area contributed by atoms with E-state index < -0.39 is 11.5 Å². The predicted molar refractivity (Wildman–Crippen MR) is 39.3 cm³/mol. The number of carbonyl (C=O) groups is 1. The summed E-state index contributed by atoms with van der Waals surface area (Å²) < 4.78 is 0. The van der Waals surface area contributed by atoms with Crippen LogP contribution in [0.1, 0.15) is 13.3 Å². The highest BCUT2D eigenvalue weighted by molar-refractivity contribution is 7.98. The predicted octanol–water partition coefficient (Wildman–Crippen LogP) is -1.51. The van der Waals surface area contributed by atoms with Crippen LogP contribution < -0.4 is 10.8 Å². The molecule has 3 nitrogen and oxygen atoms in total. The van der Waals surface area contributed by atoms with Gasteiger partial charge in [-0.2, -0.15) is 11.8 Å². The molecule has 0 saturated carbocycles. The number of rotatable bonds is 4. The lowest BCUT2D eigenvalue weighted by atomic mass is 10.0. The van der Waals surface area contributed by atoms with Crippen LogP contribution in [0.3, 0.4) is 0 Å². The minimum absolute atomic E-state index is 0.566. The van der Waals surface area contributed by atoms with Crippen LogP contribution in [0.15, 0.2) is 0 Å². The van der Waals surface area contributed by atoms with E-state index >= 15 is 0 Å². The average Bonchev–Trinajstić information content (AvgIpc) is 1.84. The molecule has 4 heteroatoms. The summed E-state index contributed by atoms with van der Waals surface area (Å²) in [6, 6.07) is 0. The van der Waals surface area contributed by atoms with Crippen LogP contribution >= 0.6 is 11.8 Å². The second kappa shape index (κ2) is 3.83. The van der Waals surface area contributed by atoms with Gasteiger partial charge in [0, 0.05) is 6.42 Å². The zero-order chi connectivity index (χ0) is 8.20. The topological polar surface area (TPSA) is 67.8 Å². The van der Waals surface area contributed by atoms with Gasteiger partial charge in [0.05, 0.1) is 0 Å². The summed E-state index contributed by atoms with van der Waals surface area (Å²) in [5.74, 6) is -0.255. The SMILES string of the molecule is CSCC[C@@](C)([NH3+])C(=O)[O-]. The Bertz CT molecular complexity index is 125. The molecular weight excluding hydrogens is 150 g/mol. The number of carboxylic acids is 1. The van der Waals surface area contributed by atoms with Gasteiger partial charge in [0.25, 0.3) is 0 Å². The summed E-state index contributed by atoms with van der Waals surface area (Å²) in [7, 11) is 0. The van der Waals surface area contributed by atoms with Gasteiger partial charge in [-0.25, -0.2) is 0 Å². The van der Waals surface area contributed by atoms with Crippen molar-refractivity contribution in [2.45, 2.75) is 18.9 Å². The van der Waals surface area contributed by atoms with Crippen molar-refractivity contribution >= 4 is 17.7 Å². The van der Waals surface area contributed by atoms with Crippen molar-refractivity contribution in [3.63, 3.8) is 0 Å². The number of hydrogen-bond donors (Lipinski definition) is 1. The Morgan fingerprint density at radius 3 is 2.60 bits per heavy atom. The second-order valence-electron chi connectivity index (χ2n) is 2.59. The third-order valence-corrected chi connectivity index (χ3v) is 1.96. The first kappa shape index (κ1) is 9.78. The van der Waals surface area contributed by atoms with Crippen LogP contribution in [0.4, 0.5) is 0 Å². The Morgan fingerprint density at radius 2 is 2.30 bits per heavy atom. The van der Waals surface area contributed by atoms with Crippen LogP contribution in [0, 0.1) is 0 Å². The van der Waals surface area contributed by atoms with Gasteiger partial charge in [0.1, 0.15) is 11.5 Å². The quantitative estimate of drug-likeness (QED) is 0.548. The normalized spacial score (nSPS) is 16.3. The molecule has 3 N–H and O–H groups in total. The molecule has 0 saturated heterocycles. The fourth-order valence-corrected chi connectivity index (χ4v) is 1.08. The maximum atomic E-state index is 10.3. The third kappa shape index (κ3) is 3.08. The molecule has 0 rings (SSSR count). The molecule has 1 atom stereocenters. The number of carbonyl (C=O) groups excluding carboxylic acids is 1. The van der Waals surface area contributed by atoms with E-state index in [1.54, 1.807) is 18.7 Å². The van der Waals surface area contributed by atoms with Gasteiger partial charge in [-0.05, 0) is 18.9 Å². The Kier molecular flexibility index (Phi) is 3.75. The lowest BCUT2D eigenvalue weighted by molar-refractivity contribution is -0.481. The molecule has 0 amide bonds. The van der Waals surface area contributed by atoms with Gasteiger partial charge in [0.15, 0.2) is 0 Å². The van der Waals surface area contributed by atoms with Crippen LogP contribution in [-0.4, -0.2) is 23.5 Å². The van der Waals surface area contributed by atoms with E-state index in [2.05, 4.69) is 5.73 Å². The molecule has 0 bridgehead atoms. The number of hydrogen-bond acceptors (Lipinski definition) is 3. The number of carboxylic acid groups (broad SMARTS) is 1. The molecule has 0 aromatic rings. The first-order valence-corrected chi connectivity index (χ1v) is 4.46. The third-order valence-electron chi connectivity index (χ3n) is 1.35. The zero-order valence-corrected chi connectivity index (χ0v) is 7.16. The Morgan fingerprint density at radius 1 is 1.80 bits per heavy atom. The smallest absolute Gasteiger partial charge is 0.132 e. The summed E-state index contributed by atoms with van der Waals surface area (Å²) in [5, 5.41) is 10.3. The number of thioether (sulfide) groups is 1. The number of aliphatic carboxylic acids is 1. The van der Waals surface area contributed by atoms with E-state index in [1.807, 2.05) is 6.26 Å². The summed E-state index contributed by atoms with van der Waals surface area (Å²) in [6.45, 7) is 1.58. The van der Waals surface area contributed by atoms with E-state index in [9.17, 15) is 9.90 Å². The largest absolute Gasteiger partial charge is 0.544 e. The summed E-state index contributed by atoms with van der Waals surface area (Å²) in [5.41, 5.74) is 2.62. The van der Waals surface area contributed by atoms with Crippen molar-refractivity contribution in [3.8, 4) is 0 Å². The van der Waals surface area contributed by atoms with Crippen LogP contribution in [0.25, 0.3) is 0 Å². The molecule has 0 aliphatic heterocycles. The van der Waals surface area contributed by atoms with E-state index in [-0.39, 0.29) is 0 Å². The van der Waals surface area contributed by atoms with Crippen LogP contribution in [0.5, 0.6) is 0 Å². The molecule has 0 aliphatic carbocycles. The lowest BCUT2D eigenvalue weighted by Gasteiger charge is -2.20. The molecule has 0 radical (unpaired) electrons. The highest BCUT2D eigenvalue weighted by atomic mass is 32.2. The zero-order valence-electron chi connectivity index (χ0n) is 6.35. The molecule has 10 heavy (non-hydrogen) atoms. The summed E-state index contributed by atoms with van der Waals surface area (Å²) in [6.07, 6.45) is 2.50. The van der Waals surface area contributed by atoms with Crippen molar-refractivity contribution in [3.05, 3.63) is 0 Å². The van der Waals surface area contributed by atoms with Crippen molar-refractivity contribution in [1.29, 1.82) is 0 Å². The van der Waals surface area contributed by atoms with E-state index in [1.165, 1.54) is 0 Å². The lowest BCUT2D eigenvalue weighted by Crippen LogP contribution is -2.78. The van der Waals surface area contributed by atoms with Gasteiger partial charge in [-0.1, -0.05) is 0 Å². The first-order chi connectivity index (χ1) is 4.50. The van der Waals surface area contributed by atoms with Gasteiger partial charge in [-0.3, -0.25) is 0 Å². The van der Waals surface area contributed by atoms with Crippen molar-refractivity contribution in [1.82, 2.24) is 0 Å². The Hall–Kier alpha value is -0.220. The van der Waals surface area contributed by atoms with E-state index in [0.717, 1.165) is 5.75 Å². The van der Waals surface area contributed by atoms with Crippen LogP contribution in [-0.2, 0) is 4.79 Å². The molecule has 0 aliphatic rings. The molecule has 0 heterocycles. The molecule has 60 valence electrons. The van der Waals surface area contributed by atoms with E-state index in [0.29, 0.717) is 6.42 Å². The first-order valence-electron chi connectivity index (χ1n) is 3.06. The molecule has 0 aromatic heterocycles. The standard InChI is InChI=1S/C6H13NO2S/c1-6(7,5(8)9)3-4-10-2/h3-4,7H2,1-2H3,(H,8,9)/t6-/m1/s1. The van der Waals surface area contributed by atoms with Gasteiger partial charge >= 0.3 is 0 Å². The second-order valence-corrected chi connectivity index (χ2v) is 3.58. The Balaban J connectivity index is 3.75. The van der Waals surface area contributed by atoms with Crippen LogP contribution in [0.2, 0.25) is 0 Å². The van der Waals surface area contributed by atoms with Gasteiger partial charge in [0.2, 0.25) is 0 Å². The highest BCUT2D eigenvalue weighted by Crippen LogP contribution is 2.05. The van der Waals surface area contributed by atoms with Crippen molar-refractivity contribution in [2.75, 3.05) is 12.0 Å². The molecule has 0 unspecified atom stereocenters. The maximum absolute atomic E-state index is 10.3.